The maximum Gasteiger partial charge on any atom is 0.254 e. The molecule has 0 unspecified atom stereocenters. The Balaban J connectivity index is 1.86. The van der Waals surface area contributed by atoms with Gasteiger partial charge in [-0.05, 0) is 54.8 Å². The molecule has 0 bridgehead atoms. The van der Waals surface area contributed by atoms with Crippen LogP contribution in [0.25, 0.3) is 11.4 Å². The van der Waals surface area contributed by atoms with Gasteiger partial charge >= 0.3 is 0 Å². The zero-order chi connectivity index (χ0) is 20.3. The van der Waals surface area contributed by atoms with Gasteiger partial charge in [0.1, 0.15) is 18.2 Å². The summed E-state index contributed by atoms with van der Waals surface area (Å²) in [5, 5.41) is 2.80. The molecule has 0 radical (unpaired) electrons. The van der Waals surface area contributed by atoms with Crippen molar-refractivity contribution >= 4 is 11.6 Å². The van der Waals surface area contributed by atoms with E-state index in [1.54, 1.807) is 6.92 Å². The van der Waals surface area contributed by atoms with Gasteiger partial charge in [0.15, 0.2) is 0 Å². The van der Waals surface area contributed by atoms with Crippen LogP contribution in [0.1, 0.15) is 31.0 Å². The molecule has 0 saturated heterocycles. The van der Waals surface area contributed by atoms with Crippen molar-refractivity contribution in [1.82, 2.24) is 9.55 Å². The van der Waals surface area contributed by atoms with Crippen LogP contribution in [0.3, 0.4) is 0 Å². The number of aromatic nitrogens is 2. The van der Waals surface area contributed by atoms with E-state index in [0.29, 0.717) is 28.7 Å². The van der Waals surface area contributed by atoms with Gasteiger partial charge in [0.25, 0.3) is 5.56 Å². The number of rotatable bonds is 5. The van der Waals surface area contributed by atoms with Crippen molar-refractivity contribution in [3.8, 4) is 11.4 Å². The Bertz CT molecular complexity index is 1040. The van der Waals surface area contributed by atoms with Crippen LogP contribution in [0.2, 0.25) is 0 Å². The van der Waals surface area contributed by atoms with Crippen molar-refractivity contribution in [3.05, 3.63) is 82.0 Å². The van der Waals surface area contributed by atoms with Crippen molar-refractivity contribution in [2.75, 3.05) is 5.32 Å². The molecule has 0 aliphatic heterocycles. The topological polar surface area (TPSA) is 64.0 Å². The van der Waals surface area contributed by atoms with Gasteiger partial charge in [0.05, 0.1) is 0 Å². The second kappa shape index (κ2) is 8.17. The third kappa shape index (κ3) is 4.52. The zero-order valence-corrected chi connectivity index (χ0v) is 16.1. The molecule has 1 amide bonds. The van der Waals surface area contributed by atoms with E-state index in [2.05, 4.69) is 24.1 Å². The van der Waals surface area contributed by atoms with Gasteiger partial charge in [-0.25, -0.2) is 9.37 Å². The summed E-state index contributed by atoms with van der Waals surface area (Å²) >= 11 is 0. The van der Waals surface area contributed by atoms with Gasteiger partial charge in [-0.2, -0.15) is 0 Å². The van der Waals surface area contributed by atoms with Crippen LogP contribution in [0.4, 0.5) is 10.1 Å². The summed E-state index contributed by atoms with van der Waals surface area (Å²) in [6.07, 6.45) is 0. The molecular formula is C22H22FN3O2. The summed E-state index contributed by atoms with van der Waals surface area (Å²) in [6, 6.07) is 14.6. The molecule has 144 valence electrons. The highest BCUT2D eigenvalue weighted by molar-refractivity contribution is 5.90. The van der Waals surface area contributed by atoms with Crippen LogP contribution in [0.15, 0.2) is 59.4 Å². The predicted molar refractivity (Wildman–Crippen MR) is 108 cm³/mol. The molecule has 6 heteroatoms. The molecule has 0 spiro atoms. The summed E-state index contributed by atoms with van der Waals surface area (Å²) in [4.78, 5) is 29.4. The fourth-order valence-electron chi connectivity index (χ4n) is 2.89. The summed E-state index contributed by atoms with van der Waals surface area (Å²) in [6.45, 7) is 5.71. The van der Waals surface area contributed by atoms with Gasteiger partial charge in [0, 0.05) is 23.0 Å². The van der Waals surface area contributed by atoms with E-state index in [0.717, 1.165) is 0 Å². The first-order chi connectivity index (χ1) is 13.3. The summed E-state index contributed by atoms with van der Waals surface area (Å²) in [7, 11) is 0. The number of amides is 1. The Morgan fingerprint density at radius 3 is 2.36 bits per heavy atom. The average molecular weight is 379 g/mol. The molecule has 28 heavy (non-hydrogen) atoms. The minimum absolute atomic E-state index is 0.190. The smallest absolute Gasteiger partial charge is 0.254 e. The number of hydrogen-bond donors (Lipinski definition) is 1. The predicted octanol–water partition coefficient (Wildman–Crippen LogP) is 4.12. The maximum absolute atomic E-state index is 13.2. The van der Waals surface area contributed by atoms with E-state index in [1.165, 1.54) is 40.5 Å². The molecule has 1 heterocycles. The standard InChI is InChI=1S/C22H22FN3O2/c1-14(2)16-6-10-19(11-7-16)25-20(27)13-26-21(28)12-15(3)24-22(26)17-4-8-18(23)9-5-17/h4-12,14H,13H2,1-3H3,(H,25,27). The lowest BCUT2D eigenvalue weighted by Gasteiger charge is -2.13. The Kier molecular flexibility index (Phi) is 5.68. The molecular weight excluding hydrogens is 357 g/mol. The van der Waals surface area contributed by atoms with Gasteiger partial charge in [0.2, 0.25) is 5.91 Å². The second-order valence-electron chi connectivity index (χ2n) is 6.98. The highest BCUT2D eigenvalue weighted by Gasteiger charge is 2.13. The Hall–Kier alpha value is -3.28. The quantitative estimate of drug-likeness (QED) is 0.725. The first-order valence-corrected chi connectivity index (χ1v) is 9.07. The van der Waals surface area contributed by atoms with E-state index < -0.39 is 0 Å². The normalized spacial score (nSPS) is 10.9. The maximum atomic E-state index is 13.2. The number of aryl methyl sites for hydroxylation is 1. The molecule has 0 saturated carbocycles. The van der Waals surface area contributed by atoms with Crippen LogP contribution in [0.5, 0.6) is 0 Å². The van der Waals surface area contributed by atoms with Crippen molar-refractivity contribution in [2.45, 2.75) is 33.2 Å². The lowest BCUT2D eigenvalue weighted by atomic mass is 10.0. The fourth-order valence-corrected chi connectivity index (χ4v) is 2.89. The summed E-state index contributed by atoms with van der Waals surface area (Å²) < 4.78 is 14.5. The van der Waals surface area contributed by atoms with Crippen LogP contribution in [-0.4, -0.2) is 15.5 Å². The number of hydrogen-bond acceptors (Lipinski definition) is 3. The third-order valence-electron chi connectivity index (χ3n) is 4.40. The van der Waals surface area contributed by atoms with E-state index in [-0.39, 0.29) is 23.8 Å². The molecule has 3 aromatic rings. The van der Waals surface area contributed by atoms with Crippen LogP contribution >= 0.6 is 0 Å². The first kappa shape index (κ1) is 19.5. The number of nitrogens with zero attached hydrogens (tertiary/aromatic N) is 2. The third-order valence-corrected chi connectivity index (χ3v) is 4.40. The number of benzene rings is 2. The molecule has 0 aliphatic rings. The SMILES string of the molecule is Cc1cc(=O)n(CC(=O)Nc2ccc(C(C)C)cc2)c(-c2ccc(F)cc2)n1. The summed E-state index contributed by atoms with van der Waals surface area (Å²) in [5.74, 6) is 0.0110. The highest BCUT2D eigenvalue weighted by Crippen LogP contribution is 2.19. The van der Waals surface area contributed by atoms with Crippen LogP contribution in [0, 0.1) is 12.7 Å². The van der Waals surface area contributed by atoms with E-state index in [9.17, 15) is 14.0 Å². The largest absolute Gasteiger partial charge is 0.325 e. The van der Waals surface area contributed by atoms with Gasteiger partial charge < -0.3 is 5.32 Å². The van der Waals surface area contributed by atoms with Gasteiger partial charge in [-0.1, -0.05) is 26.0 Å². The van der Waals surface area contributed by atoms with Gasteiger partial charge in [-0.15, -0.1) is 0 Å². The van der Waals surface area contributed by atoms with Crippen molar-refractivity contribution in [2.24, 2.45) is 0 Å². The Labute approximate surface area is 162 Å². The van der Waals surface area contributed by atoms with E-state index in [1.807, 2.05) is 24.3 Å². The van der Waals surface area contributed by atoms with Crippen molar-refractivity contribution in [3.63, 3.8) is 0 Å². The minimum Gasteiger partial charge on any atom is -0.325 e. The number of carbonyl (C=O) groups excluding carboxylic acids is 1. The second-order valence-corrected chi connectivity index (χ2v) is 6.98. The first-order valence-electron chi connectivity index (χ1n) is 9.07. The summed E-state index contributed by atoms with van der Waals surface area (Å²) in [5.41, 5.74) is 2.60. The van der Waals surface area contributed by atoms with Crippen LogP contribution in [-0.2, 0) is 11.3 Å². The van der Waals surface area contributed by atoms with Crippen LogP contribution < -0.4 is 10.9 Å². The Morgan fingerprint density at radius 1 is 1.11 bits per heavy atom. The average Bonchev–Trinajstić information content (AvgIpc) is 2.65. The lowest BCUT2D eigenvalue weighted by Crippen LogP contribution is -2.29. The van der Waals surface area contributed by atoms with Crippen molar-refractivity contribution < 1.29 is 9.18 Å². The highest BCUT2D eigenvalue weighted by atomic mass is 19.1. The lowest BCUT2D eigenvalue weighted by molar-refractivity contribution is -0.116. The number of carbonyl (C=O) groups is 1. The Morgan fingerprint density at radius 2 is 1.75 bits per heavy atom. The molecule has 0 atom stereocenters. The minimum atomic E-state index is -0.382. The monoisotopic (exact) mass is 379 g/mol. The molecule has 1 N–H and O–H groups in total. The number of anilines is 1. The molecule has 2 aromatic carbocycles. The number of halogens is 1. The zero-order valence-electron chi connectivity index (χ0n) is 16.1. The molecule has 3 rings (SSSR count). The molecule has 0 fully saturated rings. The fraction of sp³-hybridized carbons (Fsp3) is 0.227. The molecule has 0 aliphatic carbocycles. The van der Waals surface area contributed by atoms with Gasteiger partial charge in [-0.3, -0.25) is 14.2 Å². The number of nitrogens with one attached hydrogen (secondary N) is 1. The molecule has 5 nitrogen and oxygen atoms in total. The van der Waals surface area contributed by atoms with E-state index in [4.69, 9.17) is 0 Å². The van der Waals surface area contributed by atoms with E-state index >= 15 is 0 Å². The molecule has 1 aromatic heterocycles. The van der Waals surface area contributed by atoms with Crippen molar-refractivity contribution in [1.29, 1.82) is 0 Å².